The first-order chi connectivity index (χ1) is 11.7. The van der Waals surface area contributed by atoms with Gasteiger partial charge < -0.3 is 14.4 Å². The van der Waals surface area contributed by atoms with Gasteiger partial charge in [-0.2, -0.15) is 0 Å². The first-order valence-corrected chi connectivity index (χ1v) is 9.24. The molecule has 24 heavy (non-hydrogen) atoms. The molecule has 0 unspecified atom stereocenters. The molecule has 1 amide bonds. The van der Waals surface area contributed by atoms with E-state index in [1.807, 2.05) is 41.5 Å². The number of carbonyl (C=O) groups is 1. The van der Waals surface area contributed by atoms with Crippen LogP contribution >= 0.6 is 11.3 Å². The predicted octanol–water partition coefficient (Wildman–Crippen LogP) is 3.43. The lowest BCUT2D eigenvalue weighted by Gasteiger charge is -2.39. The van der Waals surface area contributed by atoms with Crippen molar-refractivity contribution in [2.45, 2.75) is 44.4 Å². The van der Waals surface area contributed by atoms with Crippen LogP contribution in [0.15, 0.2) is 35.8 Å². The van der Waals surface area contributed by atoms with Gasteiger partial charge in [-0.15, -0.1) is 11.3 Å². The molecule has 1 saturated heterocycles. The molecule has 1 aromatic carbocycles. The van der Waals surface area contributed by atoms with Crippen LogP contribution in [0, 0.1) is 0 Å². The molecule has 0 saturated carbocycles. The molecule has 4 rings (SSSR count). The Hall–Kier alpha value is -2.08. The SMILES string of the molecule is C[C@@H]1Oc2ccccc2O[C@@H]1C(=O)N1CCCC[C@@H]1c1nccs1. The highest BCUT2D eigenvalue weighted by molar-refractivity contribution is 7.09. The molecule has 2 aromatic rings. The van der Waals surface area contributed by atoms with E-state index in [-0.39, 0.29) is 18.1 Å². The van der Waals surface area contributed by atoms with E-state index in [2.05, 4.69) is 4.98 Å². The smallest absolute Gasteiger partial charge is 0.268 e. The lowest BCUT2D eigenvalue weighted by atomic mass is 10.0. The van der Waals surface area contributed by atoms with Crippen LogP contribution in [0.5, 0.6) is 11.5 Å². The van der Waals surface area contributed by atoms with E-state index in [9.17, 15) is 4.79 Å². The number of aromatic nitrogens is 1. The van der Waals surface area contributed by atoms with Crippen molar-refractivity contribution < 1.29 is 14.3 Å². The predicted molar refractivity (Wildman–Crippen MR) is 91.4 cm³/mol. The van der Waals surface area contributed by atoms with Gasteiger partial charge >= 0.3 is 0 Å². The van der Waals surface area contributed by atoms with E-state index in [1.54, 1.807) is 17.5 Å². The summed E-state index contributed by atoms with van der Waals surface area (Å²) < 4.78 is 11.9. The minimum absolute atomic E-state index is 0.00287. The van der Waals surface area contributed by atoms with Crippen molar-refractivity contribution in [1.29, 1.82) is 0 Å². The summed E-state index contributed by atoms with van der Waals surface area (Å²) in [6, 6.07) is 7.56. The maximum Gasteiger partial charge on any atom is 0.268 e. The highest BCUT2D eigenvalue weighted by Crippen LogP contribution is 2.37. The number of hydrogen-bond donors (Lipinski definition) is 0. The van der Waals surface area contributed by atoms with E-state index >= 15 is 0 Å². The molecule has 3 atom stereocenters. The number of fused-ring (bicyclic) bond motifs is 1. The Labute approximate surface area is 145 Å². The van der Waals surface area contributed by atoms with Crippen molar-refractivity contribution in [2.24, 2.45) is 0 Å². The molecule has 2 aliphatic rings. The summed E-state index contributed by atoms with van der Waals surface area (Å²) in [5.41, 5.74) is 0. The quantitative estimate of drug-likeness (QED) is 0.837. The number of rotatable bonds is 2. The summed E-state index contributed by atoms with van der Waals surface area (Å²) >= 11 is 1.61. The fourth-order valence-electron chi connectivity index (χ4n) is 3.41. The number of hydrogen-bond acceptors (Lipinski definition) is 5. The second-order valence-corrected chi connectivity index (χ2v) is 7.15. The van der Waals surface area contributed by atoms with Gasteiger partial charge in [-0.05, 0) is 38.3 Å². The molecule has 3 heterocycles. The number of para-hydroxylation sites is 2. The number of nitrogens with zero attached hydrogens (tertiary/aromatic N) is 2. The van der Waals surface area contributed by atoms with Crippen LogP contribution in [0.25, 0.3) is 0 Å². The van der Waals surface area contributed by atoms with Crippen LogP contribution in [0.4, 0.5) is 0 Å². The van der Waals surface area contributed by atoms with Gasteiger partial charge in [0, 0.05) is 18.1 Å². The van der Waals surface area contributed by atoms with Crippen molar-refractivity contribution in [3.63, 3.8) is 0 Å². The van der Waals surface area contributed by atoms with Gasteiger partial charge in [0.05, 0.1) is 6.04 Å². The van der Waals surface area contributed by atoms with E-state index in [4.69, 9.17) is 9.47 Å². The standard InChI is InChI=1S/C18H20N2O3S/c1-12-16(23-15-8-3-2-7-14(15)22-12)18(21)20-10-5-4-6-13(20)17-19-9-11-24-17/h2-3,7-9,11-13,16H,4-6,10H2,1H3/t12-,13+,16-/m0/s1. The number of ether oxygens (including phenoxy) is 2. The largest absolute Gasteiger partial charge is 0.482 e. The zero-order valence-corrected chi connectivity index (χ0v) is 14.4. The topological polar surface area (TPSA) is 51.7 Å². The molecule has 0 N–H and O–H groups in total. The first kappa shape index (κ1) is 15.4. The van der Waals surface area contributed by atoms with Gasteiger partial charge in [0.1, 0.15) is 11.1 Å². The van der Waals surface area contributed by atoms with Crippen LogP contribution in [-0.4, -0.2) is 34.5 Å². The van der Waals surface area contributed by atoms with Gasteiger partial charge in [0.2, 0.25) is 6.10 Å². The third-order valence-electron chi connectivity index (χ3n) is 4.61. The Morgan fingerprint density at radius 3 is 2.79 bits per heavy atom. The van der Waals surface area contributed by atoms with Crippen molar-refractivity contribution >= 4 is 17.2 Å². The van der Waals surface area contributed by atoms with Gasteiger partial charge in [-0.3, -0.25) is 4.79 Å². The van der Waals surface area contributed by atoms with E-state index in [0.29, 0.717) is 11.5 Å². The number of benzene rings is 1. The average molecular weight is 344 g/mol. The lowest BCUT2D eigenvalue weighted by Crippen LogP contribution is -2.52. The third kappa shape index (κ3) is 2.75. The van der Waals surface area contributed by atoms with Crippen molar-refractivity contribution in [3.05, 3.63) is 40.8 Å². The number of thiazole rings is 1. The summed E-state index contributed by atoms with van der Waals surface area (Å²) in [7, 11) is 0. The summed E-state index contributed by atoms with van der Waals surface area (Å²) in [5, 5.41) is 2.97. The van der Waals surface area contributed by atoms with Gasteiger partial charge in [0.25, 0.3) is 5.91 Å². The Balaban J connectivity index is 1.58. The molecule has 0 spiro atoms. The number of amides is 1. The minimum Gasteiger partial charge on any atom is -0.482 e. The van der Waals surface area contributed by atoms with Crippen LogP contribution < -0.4 is 9.47 Å². The van der Waals surface area contributed by atoms with Gasteiger partial charge in [-0.1, -0.05) is 12.1 Å². The summed E-state index contributed by atoms with van der Waals surface area (Å²) in [4.78, 5) is 19.5. The molecule has 0 bridgehead atoms. The van der Waals surface area contributed by atoms with Gasteiger partial charge in [-0.25, -0.2) is 4.98 Å². The molecule has 126 valence electrons. The highest BCUT2D eigenvalue weighted by Gasteiger charge is 2.40. The van der Waals surface area contributed by atoms with Crippen molar-refractivity contribution in [2.75, 3.05) is 6.54 Å². The molecule has 2 aliphatic heterocycles. The summed E-state index contributed by atoms with van der Waals surface area (Å²) in [5.74, 6) is 1.33. The second kappa shape index (κ2) is 6.43. The molecule has 1 fully saturated rings. The van der Waals surface area contributed by atoms with E-state index in [0.717, 1.165) is 30.8 Å². The fourth-order valence-corrected chi connectivity index (χ4v) is 4.19. The zero-order valence-electron chi connectivity index (χ0n) is 13.6. The normalized spacial score (nSPS) is 26.2. The average Bonchev–Trinajstić information content (AvgIpc) is 3.15. The Morgan fingerprint density at radius 2 is 2.04 bits per heavy atom. The molecular formula is C18H20N2O3S. The van der Waals surface area contributed by atoms with E-state index in [1.165, 1.54) is 0 Å². The third-order valence-corrected chi connectivity index (χ3v) is 5.48. The van der Waals surface area contributed by atoms with Crippen LogP contribution in [0.1, 0.15) is 37.2 Å². The minimum atomic E-state index is -0.611. The number of piperidine rings is 1. The number of carbonyl (C=O) groups excluding carboxylic acids is 1. The second-order valence-electron chi connectivity index (χ2n) is 6.22. The van der Waals surface area contributed by atoms with Crippen LogP contribution in [0.2, 0.25) is 0 Å². The Bertz CT molecular complexity index is 719. The molecular weight excluding hydrogens is 324 g/mol. The van der Waals surface area contributed by atoms with E-state index < -0.39 is 6.10 Å². The molecule has 6 heteroatoms. The number of likely N-dealkylation sites (tertiary alicyclic amines) is 1. The molecule has 0 radical (unpaired) electrons. The monoisotopic (exact) mass is 344 g/mol. The maximum atomic E-state index is 13.2. The zero-order chi connectivity index (χ0) is 16.5. The van der Waals surface area contributed by atoms with Crippen molar-refractivity contribution in [1.82, 2.24) is 9.88 Å². The molecule has 1 aromatic heterocycles. The molecule has 5 nitrogen and oxygen atoms in total. The summed E-state index contributed by atoms with van der Waals surface area (Å²) in [6.45, 7) is 2.64. The van der Waals surface area contributed by atoms with Gasteiger partial charge in [0.15, 0.2) is 11.5 Å². The highest BCUT2D eigenvalue weighted by atomic mass is 32.1. The maximum absolute atomic E-state index is 13.2. The molecule has 0 aliphatic carbocycles. The summed E-state index contributed by atoms with van der Waals surface area (Å²) in [6.07, 6.45) is 3.97. The lowest BCUT2D eigenvalue weighted by molar-refractivity contribution is -0.148. The Kier molecular flexibility index (Phi) is 4.14. The Morgan fingerprint density at radius 1 is 1.25 bits per heavy atom. The fraction of sp³-hybridized carbons (Fsp3) is 0.444. The van der Waals surface area contributed by atoms with Crippen molar-refractivity contribution in [3.8, 4) is 11.5 Å². The first-order valence-electron chi connectivity index (χ1n) is 8.36. The van der Waals surface area contributed by atoms with Crippen LogP contribution in [-0.2, 0) is 4.79 Å². The van der Waals surface area contributed by atoms with Crippen LogP contribution in [0.3, 0.4) is 0 Å².